The number of aryl methyl sites for hydroxylation is 1. The Morgan fingerprint density at radius 1 is 1.19 bits per heavy atom. The van der Waals surface area contributed by atoms with Crippen molar-refractivity contribution in [2.75, 3.05) is 25.0 Å². The van der Waals surface area contributed by atoms with Crippen LogP contribution in [0.1, 0.15) is 55.5 Å². The second-order valence-corrected chi connectivity index (χ2v) is 6.94. The Balaban J connectivity index is 1.78. The van der Waals surface area contributed by atoms with E-state index in [0.29, 0.717) is 43.0 Å². The van der Waals surface area contributed by atoms with Gasteiger partial charge in [0.15, 0.2) is 0 Å². The van der Waals surface area contributed by atoms with Crippen LogP contribution in [0.15, 0.2) is 18.2 Å². The van der Waals surface area contributed by atoms with Gasteiger partial charge in [-0.1, -0.05) is 25.8 Å². The van der Waals surface area contributed by atoms with E-state index in [1.807, 2.05) is 19.9 Å². The summed E-state index contributed by atoms with van der Waals surface area (Å²) >= 11 is 0. The van der Waals surface area contributed by atoms with Crippen molar-refractivity contribution < 1.29 is 14.3 Å². The summed E-state index contributed by atoms with van der Waals surface area (Å²) in [6.07, 6.45) is 5.16. The zero-order valence-electron chi connectivity index (χ0n) is 16.1. The number of hydrogen-bond donors (Lipinski definition) is 3. The number of rotatable bonds is 7. The fraction of sp³-hybridized carbons (Fsp3) is 0.600. The van der Waals surface area contributed by atoms with Gasteiger partial charge in [0.05, 0.1) is 12.7 Å². The molecule has 1 saturated carbocycles. The molecule has 6 heteroatoms. The van der Waals surface area contributed by atoms with Gasteiger partial charge in [0, 0.05) is 24.3 Å². The molecule has 0 radical (unpaired) electrons. The molecular weight excluding hydrogens is 330 g/mol. The van der Waals surface area contributed by atoms with Gasteiger partial charge in [0.25, 0.3) is 5.91 Å². The van der Waals surface area contributed by atoms with E-state index in [-0.39, 0.29) is 11.9 Å². The fourth-order valence-corrected chi connectivity index (χ4v) is 3.23. The molecule has 0 heterocycles. The third-order valence-electron chi connectivity index (χ3n) is 4.84. The van der Waals surface area contributed by atoms with E-state index >= 15 is 0 Å². The Bertz CT molecular complexity index is 618. The molecule has 1 aliphatic carbocycles. The Hall–Kier alpha value is -2.08. The molecule has 0 bridgehead atoms. The van der Waals surface area contributed by atoms with Gasteiger partial charge in [-0.05, 0) is 50.3 Å². The number of anilines is 1. The molecule has 1 fully saturated rings. The van der Waals surface area contributed by atoms with Crippen molar-refractivity contribution in [3.63, 3.8) is 0 Å². The Labute approximate surface area is 156 Å². The SMILES string of the molecule is CCNC(=O)c1ccc(C)c(NC(=O)NCCOC2CCCCC2C)c1. The predicted molar refractivity (Wildman–Crippen MR) is 104 cm³/mol. The number of carbonyl (C=O) groups is 2. The summed E-state index contributed by atoms with van der Waals surface area (Å²) in [5.74, 6) is 0.447. The molecule has 3 amide bonds. The minimum absolute atomic E-state index is 0.147. The van der Waals surface area contributed by atoms with Crippen molar-refractivity contribution in [1.29, 1.82) is 0 Å². The number of benzene rings is 1. The highest BCUT2D eigenvalue weighted by Gasteiger charge is 2.21. The third kappa shape index (κ3) is 6.02. The highest BCUT2D eigenvalue weighted by Crippen LogP contribution is 2.26. The topological polar surface area (TPSA) is 79.5 Å². The molecule has 26 heavy (non-hydrogen) atoms. The molecule has 2 atom stereocenters. The van der Waals surface area contributed by atoms with E-state index in [2.05, 4.69) is 22.9 Å². The first kappa shape index (κ1) is 20.2. The Morgan fingerprint density at radius 3 is 2.69 bits per heavy atom. The van der Waals surface area contributed by atoms with Crippen LogP contribution >= 0.6 is 0 Å². The first-order valence-corrected chi connectivity index (χ1v) is 9.56. The lowest BCUT2D eigenvalue weighted by atomic mass is 9.88. The maximum atomic E-state index is 12.1. The van der Waals surface area contributed by atoms with Gasteiger partial charge in [-0.25, -0.2) is 4.79 Å². The summed E-state index contributed by atoms with van der Waals surface area (Å²) in [5.41, 5.74) is 2.07. The summed E-state index contributed by atoms with van der Waals surface area (Å²) in [6, 6.07) is 4.98. The largest absolute Gasteiger partial charge is 0.376 e. The Kier molecular flexibility index (Phi) is 7.91. The molecule has 6 nitrogen and oxygen atoms in total. The lowest BCUT2D eigenvalue weighted by Crippen LogP contribution is -2.34. The molecule has 0 spiro atoms. The van der Waals surface area contributed by atoms with Gasteiger partial charge < -0.3 is 20.7 Å². The average molecular weight is 361 g/mol. The highest BCUT2D eigenvalue weighted by molar-refractivity contribution is 5.97. The minimum Gasteiger partial charge on any atom is -0.376 e. The van der Waals surface area contributed by atoms with Crippen molar-refractivity contribution in [2.45, 2.75) is 52.6 Å². The first-order valence-electron chi connectivity index (χ1n) is 9.56. The lowest BCUT2D eigenvalue weighted by Gasteiger charge is -2.28. The van der Waals surface area contributed by atoms with Crippen molar-refractivity contribution in [3.05, 3.63) is 29.3 Å². The molecule has 0 aromatic heterocycles. The van der Waals surface area contributed by atoms with Gasteiger partial charge in [0.2, 0.25) is 0 Å². The van der Waals surface area contributed by atoms with Gasteiger partial charge in [-0.15, -0.1) is 0 Å². The standard InChI is InChI=1S/C20H31N3O3/c1-4-21-19(24)16-10-9-14(2)17(13-16)23-20(25)22-11-12-26-18-8-6-5-7-15(18)3/h9-10,13,15,18H,4-8,11-12H2,1-3H3,(H,21,24)(H2,22,23,25). The molecule has 0 aliphatic heterocycles. The van der Waals surface area contributed by atoms with Crippen molar-refractivity contribution in [3.8, 4) is 0 Å². The second kappa shape index (κ2) is 10.2. The van der Waals surface area contributed by atoms with Crippen LogP contribution < -0.4 is 16.0 Å². The van der Waals surface area contributed by atoms with E-state index in [4.69, 9.17) is 4.74 Å². The normalized spacial score (nSPS) is 19.7. The van der Waals surface area contributed by atoms with E-state index in [1.165, 1.54) is 19.3 Å². The van der Waals surface area contributed by atoms with E-state index in [0.717, 1.165) is 12.0 Å². The van der Waals surface area contributed by atoms with Gasteiger partial charge in [-0.3, -0.25) is 4.79 Å². The van der Waals surface area contributed by atoms with Crippen LogP contribution in [0, 0.1) is 12.8 Å². The lowest BCUT2D eigenvalue weighted by molar-refractivity contribution is -0.00232. The first-order chi connectivity index (χ1) is 12.5. The van der Waals surface area contributed by atoms with Crippen LogP contribution in [0.5, 0.6) is 0 Å². The van der Waals surface area contributed by atoms with Gasteiger partial charge in [0.1, 0.15) is 0 Å². The molecule has 0 saturated heterocycles. The summed E-state index contributed by atoms with van der Waals surface area (Å²) in [7, 11) is 0. The van der Waals surface area contributed by atoms with Crippen LogP contribution in [0.2, 0.25) is 0 Å². The minimum atomic E-state index is -0.290. The molecular formula is C20H31N3O3. The summed E-state index contributed by atoms with van der Waals surface area (Å²) in [4.78, 5) is 24.0. The number of hydrogen-bond acceptors (Lipinski definition) is 3. The number of amides is 3. The van der Waals surface area contributed by atoms with Crippen LogP contribution in [0.4, 0.5) is 10.5 Å². The number of urea groups is 1. The molecule has 144 valence electrons. The fourth-order valence-electron chi connectivity index (χ4n) is 3.23. The van der Waals surface area contributed by atoms with Crippen LogP contribution in [0.25, 0.3) is 0 Å². The van der Waals surface area contributed by atoms with Crippen molar-refractivity contribution >= 4 is 17.6 Å². The maximum Gasteiger partial charge on any atom is 0.319 e. The molecule has 1 aromatic carbocycles. The summed E-state index contributed by atoms with van der Waals surface area (Å²) < 4.78 is 5.90. The third-order valence-corrected chi connectivity index (χ3v) is 4.84. The van der Waals surface area contributed by atoms with Crippen LogP contribution in [-0.2, 0) is 4.74 Å². The Morgan fingerprint density at radius 2 is 1.96 bits per heavy atom. The monoisotopic (exact) mass is 361 g/mol. The molecule has 2 rings (SSSR count). The predicted octanol–water partition coefficient (Wildman–Crippen LogP) is 3.46. The van der Waals surface area contributed by atoms with Crippen molar-refractivity contribution in [2.24, 2.45) is 5.92 Å². The number of ether oxygens (including phenoxy) is 1. The van der Waals surface area contributed by atoms with E-state index in [9.17, 15) is 9.59 Å². The van der Waals surface area contributed by atoms with Crippen LogP contribution in [0.3, 0.4) is 0 Å². The van der Waals surface area contributed by atoms with E-state index < -0.39 is 0 Å². The molecule has 2 unspecified atom stereocenters. The zero-order chi connectivity index (χ0) is 18.9. The van der Waals surface area contributed by atoms with Gasteiger partial charge >= 0.3 is 6.03 Å². The average Bonchev–Trinajstić information content (AvgIpc) is 2.62. The smallest absolute Gasteiger partial charge is 0.319 e. The maximum absolute atomic E-state index is 12.1. The summed E-state index contributed by atoms with van der Waals surface area (Å²) in [5, 5.41) is 8.37. The second-order valence-electron chi connectivity index (χ2n) is 6.94. The summed E-state index contributed by atoms with van der Waals surface area (Å²) in [6.45, 7) is 7.54. The number of carbonyl (C=O) groups excluding carboxylic acids is 2. The zero-order valence-corrected chi connectivity index (χ0v) is 16.1. The van der Waals surface area contributed by atoms with Gasteiger partial charge in [-0.2, -0.15) is 0 Å². The highest BCUT2D eigenvalue weighted by atomic mass is 16.5. The molecule has 1 aliphatic rings. The van der Waals surface area contributed by atoms with Crippen LogP contribution in [-0.4, -0.2) is 37.7 Å². The number of nitrogens with one attached hydrogen (secondary N) is 3. The van der Waals surface area contributed by atoms with E-state index in [1.54, 1.807) is 12.1 Å². The molecule has 3 N–H and O–H groups in total. The quantitative estimate of drug-likeness (QED) is 0.651. The van der Waals surface area contributed by atoms with Crippen molar-refractivity contribution in [1.82, 2.24) is 10.6 Å². The molecule has 1 aromatic rings.